The number of carbonyl (C=O) groups is 1. The summed E-state index contributed by atoms with van der Waals surface area (Å²) in [5.41, 5.74) is 4.63. The largest absolute Gasteiger partial charge is 0.461 e. The second-order valence-electron chi connectivity index (χ2n) is 6.39. The van der Waals surface area contributed by atoms with E-state index in [0.717, 1.165) is 17.5 Å². The Morgan fingerprint density at radius 3 is 2.46 bits per heavy atom. The average molecular weight is 324 g/mol. The first-order chi connectivity index (χ1) is 11.7. The maximum atomic E-state index is 12.0. The first kappa shape index (κ1) is 18.3. The molecule has 128 valence electrons. The van der Waals surface area contributed by atoms with Crippen molar-refractivity contribution in [1.29, 1.82) is 0 Å². The van der Waals surface area contributed by atoms with Crippen LogP contribution in [0, 0.1) is 6.92 Å². The highest BCUT2D eigenvalue weighted by Gasteiger charge is 2.08. The third-order valence-electron chi connectivity index (χ3n) is 4.30. The predicted octanol–water partition coefficient (Wildman–Crippen LogP) is 5.40. The maximum Gasteiger partial charge on any atom is 0.310 e. The van der Waals surface area contributed by atoms with E-state index >= 15 is 0 Å². The fourth-order valence-corrected chi connectivity index (χ4v) is 2.81. The van der Waals surface area contributed by atoms with E-state index in [9.17, 15) is 4.79 Å². The van der Waals surface area contributed by atoms with Gasteiger partial charge in [-0.15, -0.1) is 0 Å². The third kappa shape index (κ3) is 6.19. The van der Waals surface area contributed by atoms with Gasteiger partial charge in [-0.3, -0.25) is 4.79 Å². The molecule has 0 aliphatic heterocycles. The van der Waals surface area contributed by atoms with Gasteiger partial charge in [0.2, 0.25) is 0 Å². The van der Waals surface area contributed by atoms with Crippen molar-refractivity contribution in [2.45, 2.75) is 59.0 Å². The summed E-state index contributed by atoms with van der Waals surface area (Å²) in [6, 6.07) is 16.2. The minimum absolute atomic E-state index is 0.169. The highest BCUT2D eigenvalue weighted by molar-refractivity contribution is 5.73. The van der Waals surface area contributed by atoms with E-state index in [0.29, 0.717) is 13.0 Å². The van der Waals surface area contributed by atoms with E-state index in [1.165, 1.54) is 36.8 Å². The van der Waals surface area contributed by atoms with Crippen LogP contribution < -0.4 is 0 Å². The summed E-state index contributed by atoms with van der Waals surface area (Å²) in [6.07, 6.45) is 6.58. The smallest absolute Gasteiger partial charge is 0.310 e. The minimum Gasteiger partial charge on any atom is -0.461 e. The van der Waals surface area contributed by atoms with Crippen molar-refractivity contribution in [1.82, 2.24) is 0 Å². The van der Waals surface area contributed by atoms with E-state index in [-0.39, 0.29) is 5.97 Å². The average Bonchev–Trinajstić information content (AvgIpc) is 2.60. The standard InChI is InChI=1S/C22H28O2/c1-3-4-5-7-10-19-13-14-21(18(2)15-19)16-22(23)24-17-20-11-8-6-9-12-20/h6,8-9,11-15H,3-5,7,10,16-17H2,1-2H3. The molecule has 24 heavy (non-hydrogen) atoms. The lowest BCUT2D eigenvalue weighted by atomic mass is 9.99. The molecule has 2 nitrogen and oxygen atoms in total. The molecule has 0 unspecified atom stereocenters. The number of benzene rings is 2. The van der Waals surface area contributed by atoms with Gasteiger partial charge in [0, 0.05) is 0 Å². The van der Waals surface area contributed by atoms with Crippen molar-refractivity contribution in [3.8, 4) is 0 Å². The van der Waals surface area contributed by atoms with Gasteiger partial charge in [0.1, 0.15) is 6.61 Å². The molecule has 0 spiro atoms. The topological polar surface area (TPSA) is 26.3 Å². The van der Waals surface area contributed by atoms with Gasteiger partial charge < -0.3 is 4.74 Å². The highest BCUT2D eigenvalue weighted by Crippen LogP contribution is 2.15. The number of carbonyl (C=O) groups excluding carboxylic acids is 1. The molecule has 0 N–H and O–H groups in total. The molecule has 0 fully saturated rings. The lowest BCUT2D eigenvalue weighted by Crippen LogP contribution is -2.09. The molecule has 0 atom stereocenters. The zero-order valence-electron chi connectivity index (χ0n) is 14.9. The summed E-state index contributed by atoms with van der Waals surface area (Å²) in [6.45, 7) is 4.65. The number of esters is 1. The molecule has 0 saturated carbocycles. The van der Waals surface area contributed by atoms with Gasteiger partial charge >= 0.3 is 5.97 Å². The van der Waals surface area contributed by atoms with Crippen LogP contribution in [-0.4, -0.2) is 5.97 Å². The van der Waals surface area contributed by atoms with Crippen LogP contribution in [0.25, 0.3) is 0 Å². The fourth-order valence-electron chi connectivity index (χ4n) is 2.81. The molecule has 0 bridgehead atoms. The second kappa shape index (κ2) is 9.92. The Labute approximate surface area is 145 Å². The SMILES string of the molecule is CCCCCCc1ccc(CC(=O)OCc2ccccc2)c(C)c1. The molecule has 2 aromatic rings. The highest BCUT2D eigenvalue weighted by atomic mass is 16.5. The van der Waals surface area contributed by atoms with Crippen molar-refractivity contribution in [3.63, 3.8) is 0 Å². The van der Waals surface area contributed by atoms with Crippen LogP contribution in [0.1, 0.15) is 54.9 Å². The zero-order chi connectivity index (χ0) is 17.2. The fraction of sp³-hybridized carbons (Fsp3) is 0.409. The summed E-state index contributed by atoms with van der Waals surface area (Å²) in [4.78, 5) is 12.0. The van der Waals surface area contributed by atoms with Crippen LogP contribution in [0.15, 0.2) is 48.5 Å². The van der Waals surface area contributed by atoms with Crippen LogP contribution >= 0.6 is 0 Å². The Balaban J connectivity index is 1.82. The molecule has 2 aromatic carbocycles. The van der Waals surface area contributed by atoms with E-state index in [1.807, 2.05) is 30.3 Å². The van der Waals surface area contributed by atoms with E-state index in [4.69, 9.17) is 4.74 Å². The second-order valence-corrected chi connectivity index (χ2v) is 6.39. The number of aryl methyl sites for hydroxylation is 2. The van der Waals surface area contributed by atoms with Gasteiger partial charge in [-0.25, -0.2) is 0 Å². The number of unbranched alkanes of at least 4 members (excludes halogenated alkanes) is 3. The number of rotatable bonds is 9. The lowest BCUT2D eigenvalue weighted by Gasteiger charge is -2.09. The Kier molecular flexibility index (Phi) is 7.54. The van der Waals surface area contributed by atoms with Crippen LogP contribution in [0.3, 0.4) is 0 Å². The molecular formula is C22H28O2. The van der Waals surface area contributed by atoms with E-state index in [1.54, 1.807) is 0 Å². The van der Waals surface area contributed by atoms with Crippen molar-refractivity contribution in [3.05, 3.63) is 70.8 Å². The Morgan fingerprint density at radius 2 is 1.75 bits per heavy atom. The van der Waals surface area contributed by atoms with Crippen molar-refractivity contribution >= 4 is 5.97 Å². The number of hydrogen-bond acceptors (Lipinski definition) is 2. The monoisotopic (exact) mass is 324 g/mol. The quantitative estimate of drug-likeness (QED) is 0.456. The molecule has 0 heterocycles. The molecular weight excluding hydrogens is 296 g/mol. The van der Waals surface area contributed by atoms with Gasteiger partial charge in [-0.05, 0) is 42.0 Å². The molecule has 2 rings (SSSR count). The van der Waals surface area contributed by atoms with Crippen LogP contribution in [0.5, 0.6) is 0 Å². The Morgan fingerprint density at radius 1 is 0.958 bits per heavy atom. The van der Waals surface area contributed by atoms with Gasteiger partial charge in [0.25, 0.3) is 0 Å². The Hall–Kier alpha value is -2.09. The third-order valence-corrected chi connectivity index (χ3v) is 4.30. The number of hydrogen-bond donors (Lipinski definition) is 0. The van der Waals surface area contributed by atoms with Gasteiger partial charge in [0.05, 0.1) is 6.42 Å². The first-order valence-electron chi connectivity index (χ1n) is 8.97. The van der Waals surface area contributed by atoms with Crippen molar-refractivity contribution in [2.24, 2.45) is 0 Å². The summed E-state index contributed by atoms with van der Waals surface area (Å²) in [7, 11) is 0. The van der Waals surface area contributed by atoms with E-state index in [2.05, 4.69) is 32.0 Å². The minimum atomic E-state index is -0.169. The molecule has 0 saturated heterocycles. The molecule has 0 aliphatic carbocycles. The van der Waals surface area contributed by atoms with Crippen LogP contribution in [-0.2, 0) is 29.0 Å². The molecule has 0 aromatic heterocycles. The van der Waals surface area contributed by atoms with Gasteiger partial charge in [-0.2, -0.15) is 0 Å². The molecule has 0 radical (unpaired) electrons. The molecule has 0 aliphatic rings. The summed E-state index contributed by atoms with van der Waals surface area (Å²) < 4.78 is 5.37. The molecule has 2 heteroatoms. The van der Waals surface area contributed by atoms with Crippen LogP contribution in [0.2, 0.25) is 0 Å². The predicted molar refractivity (Wildman–Crippen MR) is 99.0 cm³/mol. The normalized spacial score (nSPS) is 10.6. The summed E-state index contributed by atoms with van der Waals surface area (Å²) in [5, 5.41) is 0. The molecule has 0 amide bonds. The van der Waals surface area contributed by atoms with E-state index < -0.39 is 0 Å². The maximum absolute atomic E-state index is 12.0. The first-order valence-corrected chi connectivity index (χ1v) is 8.97. The van der Waals surface area contributed by atoms with Crippen LogP contribution in [0.4, 0.5) is 0 Å². The summed E-state index contributed by atoms with van der Waals surface area (Å²) in [5.74, 6) is -0.169. The zero-order valence-corrected chi connectivity index (χ0v) is 14.9. The van der Waals surface area contributed by atoms with Crippen molar-refractivity contribution < 1.29 is 9.53 Å². The van der Waals surface area contributed by atoms with Gasteiger partial charge in [-0.1, -0.05) is 74.7 Å². The summed E-state index contributed by atoms with van der Waals surface area (Å²) >= 11 is 0. The Bertz CT molecular complexity index is 632. The lowest BCUT2D eigenvalue weighted by molar-refractivity contribution is -0.144. The van der Waals surface area contributed by atoms with Crippen molar-refractivity contribution in [2.75, 3.05) is 0 Å². The van der Waals surface area contributed by atoms with Gasteiger partial charge in [0.15, 0.2) is 0 Å². The number of ether oxygens (including phenoxy) is 1.